The fraction of sp³-hybridized carbons (Fsp3) is 0.556. The molecule has 0 atom stereocenters. The van der Waals surface area contributed by atoms with Crippen molar-refractivity contribution in [2.75, 3.05) is 26.2 Å². The Kier molecular flexibility index (Phi) is 7.61. The minimum absolute atomic E-state index is 0.0551. The number of piperidine rings is 1. The lowest BCUT2D eigenvalue weighted by Gasteiger charge is -2.31. The van der Waals surface area contributed by atoms with Gasteiger partial charge in [-0.05, 0) is 44.4 Å². The van der Waals surface area contributed by atoms with E-state index in [0.29, 0.717) is 44.6 Å². The Morgan fingerprint density at radius 2 is 1.93 bits per heavy atom. The van der Waals surface area contributed by atoms with Crippen LogP contribution in [0.4, 0.5) is 4.79 Å². The third-order valence-electron chi connectivity index (χ3n) is 4.28. The van der Waals surface area contributed by atoms with Crippen LogP contribution in [0.3, 0.4) is 0 Å². The summed E-state index contributed by atoms with van der Waals surface area (Å²) in [6.45, 7) is 5.41. The van der Waals surface area contributed by atoms with Gasteiger partial charge in [0, 0.05) is 31.2 Å². The number of nitrogens with zero attached hydrogens (tertiary/aromatic N) is 1. The van der Waals surface area contributed by atoms with Gasteiger partial charge >= 0.3 is 6.09 Å². The number of ether oxygens (including phenoxy) is 1. The summed E-state index contributed by atoms with van der Waals surface area (Å²) in [5.74, 6) is -0.295. The highest BCUT2D eigenvalue weighted by atomic mass is 32.2. The van der Waals surface area contributed by atoms with Gasteiger partial charge < -0.3 is 15.0 Å². The molecule has 1 aromatic carbocycles. The Bertz CT molecular complexity index is 758. The summed E-state index contributed by atoms with van der Waals surface area (Å²) in [5, 5.41) is 2.73. The van der Waals surface area contributed by atoms with Crippen molar-refractivity contribution in [1.29, 1.82) is 0 Å². The molecule has 150 valence electrons. The molecule has 0 saturated carbocycles. The molecule has 1 aliphatic rings. The maximum absolute atomic E-state index is 12.7. The van der Waals surface area contributed by atoms with Crippen LogP contribution in [0, 0.1) is 0 Å². The largest absolute Gasteiger partial charge is 0.450 e. The summed E-state index contributed by atoms with van der Waals surface area (Å²) in [6, 6.07) is 5.72. The first-order chi connectivity index (χ1) is 12.9. The smallest absolute Gasteiger partial charge is 0.409 e. The Hall–Kier alpha value is -2.13. The topological polar surface area (TPSA) is 105 Å². The normalized spacial score (nSPS) is 15.4. The summed E-state index contributed by atoms with van der Waals surface area (Å²) >= 11 is 0. The van der Waals surface area contributed by atoms with E-state index in [0.717, 1.165) is 6.42 Å². The van der Waals surface area contributed by atoms with Gasteiger partial charge in [-0.15, -0.1) is 0 Å². The van der Waals surface area contributed by atoms with Gasteiger partial charge in [-0.3, -0.25) is 4.79 Å². The number of rotatable bonds is 7. The number of benzene rings is 1. The highest BCUT2D eigenvalue weighted by Gasteiger charge is 2.27. The van der Waals surface area contributed by atoms with E-state index in [9.17, 15) is 18.0 Å². The summed E-state index contributed by atoms with van der Waals surface area (Å²) in [4.78, 5) is 25.4. The van der Waals surface area contributed by atoms with Gasteiger partial charge in [0.2, 0.25) is 10.0 Å². The maximum atomic E-state index is 12.7. The number of sulfonamides is 1. The van der Waals surface area contributed by atoms with Crippen LogP contribution in [-0.4, -0.2) is 57.6 Å². The zero-order valence-electron chi connectivity index (χ0n) is 15.7. The van der Waals surface area contributed by atoms with E-state index in [2.05, 4.69) is 10.0 Å². The van der Waals surface area contributed by atoms with E-state index in [1.54, 1.807) is 24.0 Å². The molecule has 1 fully saturated rings. The van der Waals surface area contributed by atoms with Crippen LogP contribution in [0.2, 0.25) is 0 Å². The minimum Gasteiger partial charge on any atom is -0.450 e. The van der Waals surface area contributed by atoms with E-state index in [1.165, 1.54) is 12.1 Å². The quantitative estimate of drug-likeness (QED) is 0.729. The molecular formula is C18H27N3O5S. The first-order valence-corrected chi connectivity index (χ1v) is 10.7. The van der Waals surface area contributed by atoms with Crippen LogP contribution in [-0.2, 0) is 14.8 Å². The van der Waals surface area contributed by atoms with Gasteiger partial charge in [0.05, 0.1) is 11.5 Å². The molecule has 8 nitrogen and oxygen atoms in total. The van der Waals surface area contributed by atoms with Crippen molar-refractivity contribution in [2.24, 2.45) is 0 Å². The molecule has 1 heterocycles. The van der Waals surface area contributed by atoms with Crippen LogP contribution >= 0.6 is 0 Å². The van der Waals surface area contributed by atoms with Gasteiger partial charge in [-0.1, -0.05) is 13.0 Å². The fourth-order valence-corrected chi connectivity index (χ4v) is 4.18. The van der Waals surface area contributed by atoms with Crippen LogP contribution in [0.5, 0.6) is 0 Å². The van der Waals surface area contributed by atoms with Gasteiger partial charge in [0.15, 0.2) is 0 Å². The highest BCUT2D eigenvalue weighted by Crippen LogP contribution is 2.17. The van der Waals surface area contributed by atoms with Crippen molar-refractivity contribution < 1.29 is 22.7 Å². The third kappa shape index (κ3) is 5.93. The van der Waals surface area contributed by atoms with Crippen molar-refractivity contribution in [3.8, 4) is 0 Å². The second kappa shape index (κ2) is 9.70. The van der Waals surface area contributed by atoms with Gasteiger partial charge in [-0.25, -0.2) is 17.9 Å². The first-order valence-electron chi connectivity index (χ1n) is 9.19. The monoisotopic (exact) mass is 397 g/mol. The molecule has 2 N–H and O–H groups in total. The summed E-state index contributed by atoms with van der Waals surface area (Å²) < 4.78 is 33.0. The summed E-state index contributed by atoms with van der Waals surface area (Å²) in [6.07, 6.45) is 1.45. The fourth-order valence-electron chi connectivity index (χ4n) is 2.83. The standard InChI is InChI=1S/C18H27N3O5S/c1-3-10-19-17(22)14-6-5-7-16(13-14)27(24,25)20-15-8-11-21(12-9-15)18(23)26-4-2/h5-7,13,15,20H,3-4,8-12H2,1-2H3,(H,19,22). The maximum Gasteiger partial charge on any atom is 0.409 e. The number of likely N-dealkylation sites (tertiary alicyclic amines) is 1. The minimum atomic E-state index is -3.75. The Morgan fingerprint density at radius 3 is 2.56 bits per heavy atom. The zero-order valence-corrected chi connectivity index (χ0v) is 16.5. The van der Waals surface area contributed by atoms with Crippen LogP contribution in [0.15, 0.2) is 29.2 Å². The molecular weight excluding hydrogens is 370 g/mol. The number of carbonyl (C=O) groups is 2. The van der Waals surface area contributed by atoms with Crippen LogP contribution < -0.4 is 10.0 Å². The molecule has 0 aromatic heterocycles. The SMILES string of the molecule is CCCNC(=O)c1cccc(S(=O)(=O)NC2CCN(C(=O)OCC)CC2)c1. The molecule has 27 heavy (non-hydrogen) atoms. The van der Waals surface area contributed by atoms with E-state index >= 15 is 0 Å². The van der Waals surface area contributed by atoms with Crippen molar-refractivity contribution in [1.82, 2.24) is 14.9 Å². The lowest BCUT2D eigenvalue weighted by molar-refractivity contribution is 0.0949. The molecule has 0 unspecified atom stereocenters. The van der Waals surface area contributed by atoms with E-state index in [1.807, 2.05) is 6.92 Å². The van der Waals surface area contributed by atoms with Crippen LogP contribution in [0.25, 0.3) is 0 Å². The number of hydrogen-bond acceptors (Lipinski definition) is 5. The van der Waals surface area contributed by atoms with Gasteiger partial charge in [0.25, 0.3) is 5.91 Å². The van der Waals surface area contributed by atoms with Gasteiger partial charge in [0.1, 0.15) is 0 Å². The Labute approximate surface area is 160 Å². The molecule has 1 saturated heterocycles. The highest BCUT2D eigenvalue weighted by molar-refractivity contribution is 7.89. The first kappa shape index (κ1) is 21.2. The average molecular weight is 397 g/mol. The Balaban J connectivity index is 1.99. The molecule has 9 heteroatoms. The van der Waals surface area contributed by atoms with Crippen molar-refractivity contribution in [3.63, 3.8) is 0 Å². The molecule has 2 amide bonds. The van der Waals surface area contributed by atoms with E-state index in [-0.39, 0.29) is 22.9 Å². The second-order valence-electron chi connectivity index (χ2n) is 6.37. The summed E-state index contributed by atoms with van der Waals surface area (Å²) in [7, 11) is -3.75. The third-order valence-corrected chi connectivity index (χ3v) is 5.80. The molecule has 0 bridgehead atoms. The lowest BCUT2D eigenvalue weighted by atomic mass is 10.1. The molecule has 0 radical (unpaired) electrons. The van der Waals surface area contributed by atoms with Gasteiger partial charge in [-0.2, -0.15) is 0 Å². The number of hydrogen-bond donors (Lipinski definition) is 2. The van der Waals surface area contributed by atoms with Crippen molar-refractivity contribution in [3.05, 3.63) is 29.8 Å². The zero-order chi connectivity index (χ0) is 19.9. The second-order valence-corrected chi connectivity index (χ2v) is 8.08. The van der Waals surface area contributed by atoms with E-state index in [4.69, 9.17) is 4.74 Å². The molecule has 1 aromatic rings. The number of carbonyl (C=O) groups excluding carboxylic acids is 2. The molecule has 2 rings (SSSR count). The molecule has 1 aliphatic heterocycles. The molecule has 0 aliphatic carbocycles. The Morgan fingerprint density at radius 1 is 1.22 bits per heavy atom. The summed E-state index contributed by atoms with van der Waals surface area (Å²) in [5.41, 5.74) is 0.309. The van der Waals surface area contributed by atoms with E-state index < -0.39 is 10.0 Å². The number of nitrogens with one attached hydrogen (secondary N) is 2. The van der Waals surface area contributed by atoms with Crippen molar-refractivity contribution in [2.45, 2.75) is 44.0 Å². The predicted molar refractivity (Wildman–Crippen MR) is 101 cm³/mol. The predicted octanol–water partition coefficient (Wildman–Crippen LogP) is 1.73. The van der Waals surface area contributed by atoms with Crippen molar-refractivity contribution >= 4 is 22.0 Å². The average Bonchev–Trinajstić information content (AvgIpc) is 2.66. The number of amides is 2. The molecule has 0 spiro atoms. The lowest BCUT2D eigenvalue weighted by Crippen LogP contribution is -2.46. The van der Waals surface area contributed by atoms with Crippen LogP contribution in [0.1, 0.15) is 43.5 Å².